The molecule has 0 aliphatic heterocycles. The first kappa shape index (κ1) is 21.0. The molecular weight excluding hydrogens is 419 g/mol. The third kappa shape index (κ3) is 5.34. The summed E-state index contributed by atoms with van der Waals surface area (Å²) in [7, 11) is -3.93. The number of likely N-dealkylation sites (N-methyl/N-ethyl adjacent to an activating group) is 1. The van der Waals surface area contributed by atoms with Gasteiger partial charge in [-0.2, -0.15) is 4.31 Å². The summed E-state index contributed by atoms with van der Waals surface area (Å²) in [6.07, 6.45) is 0. The fourth-order valence-corrected chi connectivity index (χ4v) is 4.20. The molecule has 0 fully saturated rings. The van der Waals surface area contributed by atoms with Crippen molar-refractivity contribution in [2.75, 3.05) is 13.1 Å². The first-order valence-corrected chi connectivity index (χ1v) is 10.3. The average molecular weight is 436 g/mol. The summed E-state index contributed by atoms with van der Waals surface area (Å²) < 4.78 is 27.1. The number of carbonyl (C=O) groups is 1. The highest BCUT2D eigenvalue weighted by Gasteiger charge is 2.27. The van der Waals surface area contributed by atoms with Crippen molar-refractivity contribution in [3.63, 3.8) is 0 Å². The normalized spacial score (nSPS) is 11.6. The fraction of sp³-hybridized carbons (Fsp3) is 0.235. The van der Waals surface area contributed by atoms with Gasteiger partial charge in [0.05, 0.1) is 11.4 Å². The molecule has 0 saturated heterocycles. The topological polar surface area (TPSA) is 66.5 Å². The van der Waals surface area contributed by atoms with Crippen LogP contribution in [0.4, 0.5) is 0 Å². The van der Waals surface area contributed by atoms with Crippen LogP contribution in [0.3, 0.4) is 0 Å². The third-order valence-corrected chi connectivity index (χ3v) is 6.15. The van der Waals surface area contributed by atoms with Crippen molar-refractivity contribution >= 4 is 50.7 Å². The largest absolute Gasteiger partial charge is 0.355 e. The van der Waals surface area contributed by atoms with Crippen LogP contribution in [0.15, 0.2) is 47.4 Å². The summed E-state index contributed by atoms with van der Waals surface area (Å²) in [6.45, 7) is 1.75. The Morgan fingerprint density at radius 2 is 1.65 bits per heavy atom. The Bertz CT molecular complexity index is 887. The summed E-state index contributed by atoms with van der Waals surface area (Å²) in [5, 5.41) is 3.78. The van der Waals surface area contributed by atoms with Crippen LogP contribution in [0, 0.1) is 0 Å². The van der Waals surface area contributed by atoms with Gasteiger partial charge in [-0.05, 0) is 48.9 Å². The van der Waals surface area contributed by atoms with Crippen LogP contribution in [0.5, 0.6) is 0 Å². The van der Waals surface area contributed by atoms with Crippen molar-refractivity contribution in [2.24, 2.45) is 0 Å². The Hall–Kier alpha value is -1.31. The first-order chi connectivity index (χ1) is 12.2. The maximum Gasteiger partial charge on any atom is 0.243 e. The van der Waals surface area contributed by atoms with Crippen LogP contribution in [-0.4, -0.2) is 31.7 Å². The lowest BCUT2D eigenvalue weighted by molar-refractivity contribution is -0.121. The lowest BCUT2D eigenvalue weighted by atomic mass is 10.2. The molecule has 0 bridgehead atoms. The molecule has 0 radical (unpaired) electrons. The van der Waals surface area contributed by atoms with E-state index in [9.17, 15) is 13.2 Å². The number of rotatable bonds is 7. The van der Waals surface area contributed by atoms with E-state index in [0.29, 0.717) is 27.2 Å². The lowest BCUT2D eigenvalue weighted by Crippen LogP contribution is -2.40. The zero-order chi connectivity index (χ0) is 19.3. The number of sulfonamides is 1. The standard InChI is InChI=1S/C17H17Cl3N2O3S/c1-2-21-17(23)11-22(10-12-3-4-14(19)9-16(12)20)26(24,25)15-7-5-13(18)6-8-15/h3-9H,2,10-11H2,1H3,(H,21,23). The Kier molecular flexibility index (Phi) is 7.32. The summed E-state index contributed by atoms with van der Waals surface area (Å²) in [5.41, 5.74) is 0.540. The molecule has 0 aliphatic rings. The lowest BCUT2D eigenvalue weighted by Gasteiger charge is -2.22. The SMILES string of the molecule is CCNC(=O)CN(Cc1ccc(Cl)cc1Cl)S(=O)(=O)c1ccc(Cl)cc1. The zero-order valence-corrected chi connectivity index (χ0v) is 17.0. The van der Waals surface area contributed by atoms with Gasteiger partial charge >= 0.3 is 0 Å². The van der Waals surface area contributed by atoms with Crippen molar-refractivity contribution in [3.05, 3.63) is 63.1 Å². The van der Waals surface area contributed by atoms with Crippen molar-refractivity contribution in [1.29, 1.82) is 0 Å². The number of nitrogens with zero attached hydrogens (tertiary/aromatic N) is 1. The Labute approximate surface area is 167 Å². The van der Waals surface area contributed by atoms with Crippen molar-refractivity contribution in [1.82, 2.24) is 9.62 Å². The van der Waals surface area contributed by atoms with Crippen LogP contribution in [0.25, 0.3) is 0 Å². The van der Waals surface area contributed by atoms with Crippen LogP contribution in [0.2, 0.25) is 15.1 Å². The minimum atomic E-state index is -3.93. The van der Waals surface area contributed by atoms with E-state index in [0.717, 1.165) is 4.31 Å². The minimum Gasteiger partial charge on any atom is -0.355 e. The minimum absolute atomic E-state index is 0.0382. The van der Waals surface area contributed by atoms with Crippen molar-refractivity contribution in [3.8, 4) is 0 Å². The van der Waals surface area contributed by atoms with Gasteiger partial charge in [0.15, 0.2) is 0 Å². The summed E-state index contributed by atoms with van der Waals surface area (Å²) in [5.74, 6) is -0.407. The molecule has 2 rings (SSSR count). The molecule has 0 heterocycles. The second-order valence-electron chi connectivity index (χ2n) is 5.42. The molecule has 1 N–H and O–H groups in total. The second-order valence-corrected chi connectivity index (χ2v) is 8.63. The van der Waals surface area contributed by atoms with Crippen LogP contribution >= 0.6 is 34.8 Å². The molecule has 1 amide bonds. The number of hydrogen-bond acceptors (Lipinski definition) is 3. The number of hydrogen-bond donors (Lipinski definition) is 1. The molecule has 26 heavy (non-hydrogen) atoms. The zero-order valence-electron chi connectivity index (χ0n) is 13.9. The highest BCUT2D eigenvalue weighted by molar-refractivity contribution is 7.89. The van der Waals surface area contributed by atoms with Crippen LogP contribution < -0.4 is 5.32 Å². The Morgan fingerprint density at radius 1 is 1.04 bits per heavy atom. The smallest absolute Gasteiger partial charge is 0.243 e. The van der Waals surface area contributed by atoms with Gasteiger partial charge < -0.3 is 5.32 Å². The van der Waals surface area contributed by atoms with E-state index in [1.54, 1.807) is 19.1 Å². The molecular formula is C17H17Cl3N2O3S. The van der Waals surface area contributed by atoms with Crippen LogP contribution in [0.1, 0.15) is 12.5 Å². The van der Waals surface area contributed by atoms with E-state index in [4.69, 9.17) is 34.8 Å². The van der Waals surface area contributed by atoms with E-state index in [2.05, 4.69) is 5.32 Å². The van der Waals surface area contributed by atoms with E-state index >= 15 is 0 Å². The number of carbonyl (C=O) groups excluding carboxylic acids is 1. The molecule has 0 aromatic heterocycles. The quantitative estimate of drug-likeness (QED) is 0.715. The van der Waals surface area contributed by atoms with Gasteiger partial charge in [0.25, 0.3) is 0 Å². The van der Waals surface area contributed by atoms with Gasteiger partial charge in [0.2, 0.25) is 15.9 Å². The highest BCUT2D eigenvalue weighted by atomic mass is 35.5. The van der Waals surface area contributed by atoms with E-state index in [-0.39, 0.29) is 18.0 Å². The number of benzene rings is 2. The van der Waals surface area contributed by atoms with E-state index in [1.807, 2.05) is 0 Å². The number of amides is 1. The Morgan fingerprint density at radius 3 is 2.23 bits per heavy atom. The second kappa shape index (κ2) is 9.06. The van der Waals surface area contributed by atoms with Gasteiger partial charge in [-0.15, -0.1) is 0 Å². The van der Waals surface area contributed by atoms with Gasteiger partial charge in [-0.1, -0.05) is 40.9 Å². The maximum absolute atomic E-state index is 13.0. The van der Waals surface area contributed by atoms with Gasteiger partial charge in [-0.3, -0.25) is 4.79 Å². The van der Waals surface area contributed by atoms with Crippen LogP contribution in [-0.2, 0) is 21.4 Å². The van der Waals surface area contributed by atoms with Crippen molar-refractivity contribution in [2.45, 2.75) is 18.4 Å². The third-order valence-electron chi connectivity index (χ3n) is 3.51. The number of halogens is 3. The monoisotopic (exact) mass is 434 g/mol. The average Bonchev–Trinajstić information content (AvgIpc) is 2.57. The van der Waals surface area contributed by atoms with Gasteiger partial charge in [0.1, 0.15) is 0 Å². The molecule has 5 nitrogen and oxygen atoms in total. The summed E-state index contributed by atoms with van der Waals surface area (Å²) in [4.78, 5) is 12.1. The maximum atomic E-state index is 13.0. The Balaban J connectivity index is 2.39. The molecule has 0 saturated carbocycles. The molecule has 140 valence electrons. The molecule has 0 unspecified atom stereocenters. The molecule has 2 aromatic rings. The van der Waals surface area contributed by atoms with Gasteiger partial charge in [0, 0.05) is 28.2 Å². The van der Waals surface area contributed by atoms with E-state index in [1.165, 1.54) is 30.3 Å². The summed E-state index contributed by atoms with van der Waals surface area (Å²) >= 11 is 17.9. The molecule has 9 heteroatoms. The number of nitrogens with one attached hydrogen (secondary N) is 1. The molecule has 0 atom stereocenters. The molecule has 0 aliphatic carbocycles. The first-order valence-electron chi connectivity index (χ1n) is 7.70. The predicted octanol–water partition coefficient (Wildman–Crippen LogP) is 3.97. The highest BCUT2D eigenvalue weighted by Crippen LogP contribution is 2.25. The fourth-order valence-electron chi connectivity index (χ4n) is 2.23. The van der Waals surface area contributed by atoms with E-state index < -0.39 is 15.9 Å². The predicted molar refractivity (Wildman–Crippen MR) is 104 cm³/mol. The van der Waals surface area contributed by atoms with Gasteiger partial charge in [-0.25, -0.2) is 8.42 Å². The molecule has 2 aromatic carbocycles. The summed E-state index contributed by atoms with van der Waals surface area (Å²) in [6, 6.07) is 10.5. The molecule has 0 spiro atoms. The van der Waals surface area contributed by atoms with Crippen molar-refractivity contribution < 1.29 is 13.2 Å².